The molecule has 1 saturated heterocycles. The molecule has 1 heterocycles. The van der Waals surface area contributed by atoms with Crippen molar-refractivity contribution < 1.29 is 25.2 Å². The molecule has 16 heavy (non-hydrogen) atoms. The summed E-state index contributed by atoms with van der Waals surface area (Å²) < 4.78 is 5.31. The number of aliphatic hydroxyl groups is 4. The summed E-state index contributed by atoms with van der Waals surface area (Å²) >= 11 is 5.41. The summed E-state index contributed by atoms with van der Waals surface area (Å²) in [6.45, 7) is -0.380. The molecule has 5 nitrogen and oxygen atoms in total. The SMILES string of the molecule is OCC1OC(SCCCS)C(O)C(O)[C@H]1O. The zero-order chi connectivity index (χ0) is 12.1. The van der Waals surface area contributed by atoms with Crippen molar-refractivity contribution in [1.29, 1.82) is 0 Å². The maximum atomic E-state index is 9.66. The number of thioether (sulfide) groups is 1. The van der Waals surface area contributed by atoms with E-state index in [1.165, 1.54) is 11.8 Å². The average molecular weight is 270 g/mol. The Balaban J connectivity index is 2.50. The molecule has 0 spiro atoms. The smallest absolute Gasteiger partial charge is 0.132 e. The van der Waals surface area contributed by atoms with E-state index in [4.69, 9.17) is 9.84 Å². The molecular weight excluding hydrogens is 252 g/mol. The lowest BCUT2D eigenvalue weighted by molar-refractivity contribution is -0.205. The highest BCUT2D eigenvalue weighted by molar-refractivity contribution is 7.99. The van der Waals surface area contributed by atoms with Crippen molar-refractivity contribution in [2.45, 2.75) is 36.3 Å². The third-order valence-electron chi connectivity index (χ3n) is 2.43. The summed E-state index contributed by atoms with van der Waals surface area (Å²) in [4.78, 5) is 0. The molecular formula is C9H18O5S2. The zero-order valence-electron chi connectivity index (χ0n) is 8.77. The Morgan fingerprint density at radius 2 is 1.81 bits per heavy atom. The second-order valence-corrected chi connectivity index (χ2v) is 5.30. The fourth-order valence-corrected chi connectivity index (χ4v) is 2.96. The third kappa shape index (κ3) is 3.49. The molecule has 0 aliphatic carbocycles. The minimum atomic E-state index is -1.28. The predicted octanol–water partition coefficient (Wildman–Crippen LogP) is -1.16. The number of hydrogen-bond acceptors (Lipinski definition) is 7. The van der Waals surface area contributed by atoms with E-state index in [1.54, 1.807) is 0 Å². The molecule has 4 unspecified atom stereocenters. The van der Waals surface area contributed by atoms with Crippen LogP contribution in [0.25, 0.3) is 0 Å². The molecule has 1 aliphatic heterocycles. The van der Waals surface area contributed by atoms with Crippen LogP contribution in [0.5, 0.6) is 0 Å². The molecule has 96 valence electrons. The Hall–Kier alpha value is 0.500. The Labute approximate surface area is 104 Å². The minimum Gasteiger partial charge on any atom is -0.394 e. The highest BCUT2D eigenvalue weighted by Crippen LogP contribution is 2.28. The van der Waals surface area contributed by atoms with Crippen LogP contribution < -0.4 is 0 Å². The van der Waals surface area contributed by atoms with Crippen molar-refractivity contribution in [3.63, 3.8) is 0 Å². The van der Waals surface area contributed by atoms with Gasteiger partial charge in [0.2, 0.25) is 0 Å². The van der Waals surface area contributed by atoms with Gasteiger partial charge in [-0.25, -0.2) is 0 Å². The van der Waals surface area contributed by atoms with Crippen molar-refractivity contribution >= 4 is 24.4 Å². The van der Waals surface area contributed by atoms with Crippen LogP contribution >= 0.6 is 24.4 Å². The predicted molar refractivity (Wildman–Crippen MR) is 64.7 cm³/mol. The van der Waals surface area contributed by atoms with Gasteiger partial charge in [0.05, 0.1) is 6.61 Å². The Morgan fingerprint density at radius 3 is 2.38 bits per heavy atom. The molecule has 7 heteroatoms. The van der Waals surface area contributed by atoms with Crippen LogP contribution in [0.4, 0.5) is 0 Å². The highest BCUT2D eigenvalue weighted by atomic mass is 32.2. The van der Waals surface area contributed by atoms with Crippen LogP contribution in [0.15, 0.2) is 0 Å². The minimum absolute atomic E-state index is 0.380. The van der Waals surface area contributed by atoms with E-state index in [0.717, 1.165) is 17.9 Å². The Bertz CT molecular complexity index is 204. The van der Waals surface area contributed by atoms with Crippen molar-refractivity contribution in [3.05, 3.63) is 0 Å². The largest absolute Gasteiger partial charge is 0.394 e. The first kappa shape index (κ1) is 14.6. The molecule has 0 saturated carbocycles. The van der Waals surface area contributed by atoms with Gasteiger partial charge in [0.1, 0.15) is 29.9 Å². The van der Waals surface area contributed by atoms with Crippen molar-refractivity contribution in [1.82, 2.24) is 0 Å². The number of rotatable bonds is 5. The lowest BCUT2D eigenvalue weighted by Gasteiger charge is -2.39. The van der Waals surface area contributed by atoms with Crippen LogP contribution in [0.1, 0.15) is 6.42 Å². The number of thiol groups is 1. The molecule has 0 amide bonds. The summed E-state index contributed by atoms with van der Waals surface area (Å²) in [5.41, 5.74) is -0.615. The van der Waals surface area contributed by atoms with E-state index in [9.17, 15) is 15.3 Å². The second-order valence-electron chi connectivity index (χ2n) is 3.65. The molecule has 0 aromatic rings. The summed E-state index contributed by atoms with van der Waals surface area (Å²) in [5, 5.41) is 37.7. The Morgan fingerprint density at radius 1 is 1.12 bits per heavy atom. The molecule has 0 bridgehead atoms. The van der Waals surface area contributed by atoms with E-state index in [1.807, 2.05) is 0 Å². The van der Waals surface area contributed by atoms with Crippen molar-refractivity contribution in [2.75, 3.05) is 18.1 Å². The summed E-state index contributed by atoms with van der Waals surface area (Å²) in [6.07, 6.45) is -3.64. The molecule has 1 fully saturated rings. The van der Waals surface area contributed by atoms with Gasteiger partial charge in [-0.05, 0) is 17.9 Å². The van der Waals surface area contributed by atoms with Crippen LogP contribution in [-0.2, 0) is 4.74 Å². The second kappa shape index (κ2) is 7.05. The topological polar surface area (TPSA) is 90.2 Å². The first-order chi connectivity index (χ1) is 7.61. The van der Waals surface area contributed by atoms with Crippen LogP contribution in [0.3, 0.4) is 0 Å². The number of ether oxygens (including phenoxy) is 1. The van der Waals surface area contributed by atoms with Gasteiger partial charge in [0.15, 0.2) is 0 Å². The fraction of sp³-hybridized carbons (Fsp3) is 1.00. The standard InChI is InChI=1S/C9H18O5S2/c10-4-5-6(11)7(12)8(13)9(14-5)16-3-1-2-15/h5-13,15H,1-4H2/t5?,6-,7?,8?,9?/m0/s1. The molecule has 1 aliphatic rings. The van der Waals surface area contributed by atoms with E-state index in [-0.39, 0.29) is 6.61 Å². The van der Waals surface area contributed by atoms with Crippen LogP contribution in [0, 0.1) is 0 Å². The van der Waals surface area contributed by atoms with E-state index in [2.05, 4.69) is 12.6 Å². The first-order valence-electron chi connectivity index (χ1n) is 5.14. The normalized spacial score (nSPS) is 39.9. The maximum Gasteiger partial charge on any atom is 0.132 e. The monoisotopic (exact) mass is 270 g/mol. The van der Waals surface area contributed by atoms with Gasteiger partial charge in [-0.2, -0.15) is 12.6 Å². The van der Waals surface area contributed by atoms with Gasteiger partial charge in [-0.1, -0.05) is 0 Å². The van der Waals surface area contributed by atoms with E-state index in [0.29, 0.717) is 0 Å². The first-order valence-corrected chi connectivity index (χ1v) is 6.83. The third-order valence-corrected chi connectivity index (χ3v) is 3.99. The molecule has 0 aromatic carbocycles. The molecule has 1 rings (SSSR count). The fourth-order valence-electron chi connectivity index (χ4n) is 1.47. The van der Waals surface area contributed by atoms with Gasteiger partial charge in [0, 0.05) is 0 Å². The molecule has 5 atom stereocenters. The summed E-state index contributed by atoms with van der Waals surface area (Å²) in [5.74, 6) is 1.48. The highest BCUT2D eigenvalue weighted by Gasteiger charge is 2.43. The van der Waals surface area contributed by atoms with Gasteiger partial charge < -0.3 is 25.2 Å². The van der Waals surface area contributed by atoms with Gasteiger partial charge in [-0.3, -0.25) is 0 Å². The quantitative estimate of drug-likeness (QED) is 0.320. The van der Waals surface area contributed by atoms with Gasteiger partial charge >= 0.3 is 0 Å². The van der Waals surface area contributed by atoms with E-state index < -0.39 is 29.9 Å². The molecule has 0 aromatic heterocycles. The maximum absolute atomic E-state index is 9.66. The van der Waals surface area contributed by atoms with Crippen LogP contribution in [-0.4, -0.2) is 68.4 Å². The van der Waals surface area contributed by atoms with Gasteiger partial charge in [-0.15, -0.1) is 11.8 Å². The number of hydrogen-bond donors (Lipinski definition) is 5. The Kier molecular flexibility index (Phi) is 6.42. The lowest BCUT2D eigenvalue weighted by Crippen LogP contribution is -2.57. The lowest BCUT2D eigenvalue weighted by atomic mass is 10.0. The zero-order valence-corrected chi connectivity index (χ0v) is 10.5. The average Bonchev–Trinajstić information content (AvgIpc) is 2.29. The van der Waals surface area contributed by atoms with Gasteiger partial charge in [0.25, 0.3) is 0 Å². The molecule has 0 radical (unpaired) electrons. The summed E-state index contributed by atoms with van der Waals surface area (Å²) in [6, 6.07) is 0. The van der Waals surface area contributed by atoms with Crippen LogP contribution in [0.2, 0.25) is 0 Å². The van der Waals surface area contributed by atoms with E-state index >= 15 is 0 Å². The van der Waals surface area contributed by atoms with Crippen molar-refractivity contribution in [3.8, 4) is 0 Å². The number of aliphatic hydroxyl groups excluding tert-OH is 4. The summed E-state index contributed by atoms with van der Waals surface area (Å²) in [7, 11) is 0. The van der Waals surface area contributed by atoms with Crippen molar-refractivity contribution in [2.24, 2.45) is 0 Å². The molecule has 4 N–H and O–H groups in total.